The van der Waals surface area contributed by atoms with Crippen LogP contribution < -0.4 is 5.56 Å². The third-order valence-electron chi connectivity index (χ3n) is 3.53. The highest BCUT2D eigenvalue weighted by atomic mass is 16.4. The van der Waals surface area contributed by atoms with Gasteiger partial charge in [0.2, 0.25) is 0 Å². The van der Waals surface area contributed by atoms with Crippen molar-refractivity contribution >= 4 is 17.3 Å². The number of aromatic hydroxyl groups is 1. The van der Waals surface area contributed by atoms with Crippen molar-refractivity contribution in [3.63, 3.8) is 0 Å². The lowest BCUT2D eigenvalue weighted by atomic mass is 10.2. The van der Waals surface area contributed by atoms with Gasteiger partial charge in [-0.05, 0) is 37.3 Å². The van der Waals surface area contributed by atoms with Crippen molar-refractivity contribution in [2.45, 2.75) is 6.92 Å². The first-order valence-electron chi connectivity index (χ1n) is 7.32. The third-order valence-corrected chi connectivity index (χ3v) is 3.53. The molecule has 0 bridgehead atoms. The quantitative estimate of drug-likeness (QED) is 0.632. The molecule has 0 aliphatic rings. The number of nitrogens with zero attached hydrogens (tertiary/aromatic N) is 3. The van der Waals surface area contributed by atoms with Crippen molar-refractivity contribution in [1.82, 2.24) is 9.78 Å². The van der Waals surface area contributed by atoms with Crippen LogP contribution in [0.5, 0.6) is 5.75 Å². The van der Waals surface area contributed by atoms with Gasteiger partial charge in [0, 0.05) is 0 Å². The maximum Gasteiger partial charge on any atom is 0.335 e. The zero-order valence-electron chi connectivity index (χ0n) is 13.2. The summed E-state index contributed by atoms with van der Waals surface area (Å²) in [5.41, 5.74) is 0.890. The molecule has 0 saturated heterocycles. The normalized spacial score (nSPS) is 11.1. The molecule has 8 heteroatoms. The second-order valence-electron chi connectivity index (χ2n) is 5.27. The molecule has 3 N–H and O–H groups in total. The van der Waals surface area contributed by atoms with E-state index in [1.54, 1.807) is 31.2 Å². The highest BCUT2D eigenvalue weighted by molar-refractivity contribution is 5.88. The van der Waals surface area contributed by atoms with Gasteiger partial charge >= 0.3 is 5.97 Å². The Bertz CT molecular complexity index is 1020. The highest BCUT2D eigenvalue weighted by Gasteiger charge is 2.12. The third kappa shape index (κ3) is 3.18. The number of H-pyrrole nitrogens is 1. The Morgan fingerprint density at radius 1 is 1.12 bits per heavy atom. The summed E-state index contributed by atoms with van der Waals surface area (Å²) in [5.74, 6) is -1.49. The molecule has 1 heterocycles. The van der Waals surface area contributed by atoms with Gasteiger partial charge in [0.25, 0.3) is 5.56 Å². The van der Waals surface area contributed by atoms with Gasteiger partial charge in [-0.2, -0.15) is 0 Å². The number of rotatable bonds is 4. The number of carboxylic acids is 1. The summed E-state index contributed by atoms with van der Waals surface area (Å²) in [6.45, 7) is 1.68. The van der Waals surface area contributed by atoms with Crippen LogP contribution in [0.3, 0.4) is 0 Å². The minimum atomic E-state index is -1.16. The van der Waals surface area contributed by atoms with E-state index in [9.17, 15) is 14.7 Å². The summed E-state index contributed by atoms with van der Waals surface area (Å²) < 4.78 is 1.34. The Morgan fingerprint density at radius 3 is 2.48 bits per heavy atom. The van der Waals surface area contributed by atoms with Crippen LogP contribution in [0.2, 0.25) is 0 Å². The first-order valence-corrected chi connectivity index (χ1v) is 7.32. The minimum absolute atomic E-state index is 0.0660. The molecule has 3 rings (SSSR count). The molecule has 0 fully saturated rings. The molecule has 0 saturated carbocycles. The molecular weight excluding hydrogens is 324 g/mol. The van der Waals surface area contributed by atoms with Crippen molar-refractivity contribution in [3.8, 4) is 11.4 Å². The Hall–Kier alpha value is -3.68. The molecule has 126 valence electrons. The van der Waals surface area contributed by atoms with Gasteiger partial charge < -0.3 is 10.2 Å². The molecule has 3 aromatic rings. The number of hydrogen-bond donors (Lipinski definition) is 3. The van der Waals surface area contributed by atoms with Crippen molar-refractivity contribution in [2.75, 3.05) is 0 Å². The molecule has 0 spiro atoms. The summed E-state index contributed by atoms with van der Waals surface area (Å²) in [7, 11) is 0. The van der Waals surface area contributed by atoms with E-state index in [0.717, 1.165) is 6.07 Å². The number of aromatic carboxylic acids is 1. The molecule has 25 heavy (non-hydrogen) atoms. The van der Waals surface area contributed by atoms with E-state index >= 15 is 0 Å². The summed E-state index contributed by atoms with van der Waals surface area (Å²) >= 11 is 0. The predicted octanol–water partition coefficient (Wildman–Crippen LogP) is 3.29. The number of carbonyl (C=O) groups is 1. The predicted molar refractivity (Wildman–Crippen MR) is 90.4 cm³/mol. The number of phenols is 1. The SMILES string of the molecule is Cc1[nH]n(-c2ccccc2)c(=O)c1N=Nc1ccc(C(=O)O)cc1O. The molecule has 0 aliphatic heterocycles. The van der Waals surface area contributed by atoms with E-state index in [4.69, 9.17) is 5.11 Å². The molecule has 2 aromatic carbocycles. The standard InChI is InChI=1S/C17H14N4O4/c1-10-15(16(23)21(20-10)12-5-3-2-4-6-12)19-18-13-8-7-11(17(24)25)9-14(13)22/h2-9,20,22H,1H3,(H,24,25). The number of azo groups is 1. The Morgan fingerprint density at radius 2 is 1.84 bits per heavy atom. The number of hydrogen-bond acceptors (Lipinski definition) is 5. The van der Waals surface area contributed by atoms with E-state index in [1.807, 2.05) is 6.07 Å². The van der Waals surface area contributed by atoms with Crippen LogP contribution >= 0.6 is 0 Å². The van der Waals surface area contributed by atoms with Crippen LogP contribution in [0.4, 0.5) is 11.4 Å². The van der Waals surface area contributed by atoms with Crippen LogP contribution in [0, 0.1) is 6.92 Å². The van der Waals surface area contributed by atoms with Gasteiger partial charge in [-0.3, -0.25) is 9.89 Å². The average Bonchev–Trinajstić information content (AvgIpc) is 2.89. The zero-order valence-corrected chi connectivity index (χ0v) is 13.2. The number of aromatic amines is 1. The fraction of sp³-hybridized carbons (Fsp3) is 0.0588. The number of carboxylic acid groups (broad SMARTS) is 1. The number of para-hydroxylation sites is 1. The van der Waals surface area contributed by atoms with Crippen molar-refractivity contribution in [1.29, 1.82) is 0 Å². The van der Waals surface area contributed by atoms with E-state index in [1.165, 1.54) is 16.8 Å². The molecule has 8 nitrogen and oxygen atoms in total. The second kappa shape index (κ2) is 6.44. The second-order valence-corrected chi connectivity index (χ2v) is 5.27. The number of nitrogens with one attached hydrogen (secondary N) is 1. The monoisotopic (exact) mass is 338 g/mol. The molecule has 0 atom stereocenters. The number of phenolic OH excluding ortho intramolecular Hbond substituents is 1. The van der Waals surface area contributed by atoms with Gasteiger partial charge in [-0.1, -0.05) is 18.2 Å². The molecule has 0 aliphatic carbocycles. The fourth-order valence-electron chi connectivity index (χ4n) is 2.26. The lowest BCUT2D eigenvalue weighted by Crippen LogP contribution is -2.13. The molecule has 0 radical (unpaired) electrons. The molecular formula is C17H14N4O4. The van der Waals surface area contributed by atoms with Crippen LogP contribution in [0.15, 0.2) is 63.6 Å². The summed E-state index contributed by atoms with van der Waals surface area (Å²) in [6.07, 6.45) is 0. The van der Waals surface area contributed by atoms with Gasteiger partial charge in [-0.25, -0.2) is 9.48 Å². The van der Waals surface area contributed by atoms with E-state index < -0.39 is 5.97 Å². The van der Waals surface area contributed by atoms with Crippen molar-refractivity contribution in [3.05, 3.63) is 70.1 Å². The molecule has 0 amide bonds. The summed E-state index contributed by atoms with van der Waals surface area (Å²) in [4.78, 5) is 23.3. The number of aryl methyl sites for hydroxylation is 1. The smallest absolute Gasteiger partial charge is 0.335 e. The van der Waals surface area contributed by atoms with Gasteiger partial charge in [0.15, 0.2) is 5.69 Å². The molecule has 1 aromatic heterocycles. The topological polar surface area (TPSA) is 120 Å². The van der Waals surface area contributed by atoms with Gasteiger partial charge in [-0.15, -0.1) is 10.2 Å². The van der Waals surface area contributed by atoms with Gasteiger partial charge in [0.05, 0.1) is 16.9 Å². The Kier molecular flexibility index (Phi) is 4.17. The number of aromatic nitrogens is 2. The fourth-order valence-corrected chi connectivity index (χ4v) is 2.26. The number of benzene rings is 2. The zero-order chi connectivity index (χ0) is 18.0. The average molecular weight is 338 g/mol. The molecule has 0 unspecified atom stereocenters. The van der Waals surface area contributed by atoms with E-state index in [-0.39, 0.29) is 28.2 Å². The first kappa shape index (κ1) is 16.2. The maximum absolute atomic E-state index is 12.5. The lowest BCUT2D eigenvalue weighted by Gasteiger charge is -1.99. The van der Waals surface area contributed by atoms with Crippen molar-refractivity contribution in [2.24, 2.45) is 10.2 Å². The Labute approximate surface area is 141 Å². The van der Waals surface area contributed by atoms with Crippen LogP contribution in [0.1, 0.15) is 16.1 Å². The first-order chi connectivity index (χ1) is 12.0. The largest absolute Gasteiger partial charge is 0.506 e. The van der Waals surface area contributed by atoms with Crippen molar-refractivity contribution < 1.29 is 15.0 Å². The summed E-state index contributed by atoms with van der Waals surface area (Å²) in [6, 6.07) is 12.7. The lowest BCUT2D eigenvalue weighted by molar-refractivity contribution is 0.0696. The maximum atomic E-state index is 12.5. The van der Waals surface area contributed by atoms with Crippen LogP contribution in [0.25, 0.3) is 5.69 Å². The Balaban J connectivity index is 1.96. The van der Waals surface area contributed by atoms with E-state index in [2.05, 4.69) is 15.3 Å². The van der Waals surface area contributed by atoms with Gasteiger partial charge in [0.1, 0.15) is 11.4 Å². The van der Waals surface area contributed by atoms with E-state index in [0.29, 0.717) is 11.4 Å². The minimum Gasteiger partial charge on any atom is -0.506 e. The summed E-state index contributed by atoms with van der Waals surface area (Å²) in [5, 5.41) is 29.4. The highest BCUT2D eigenvalue weighted by Crippen LogP contribution is 2.29. The van der Waals surface area contributed by atoms with Crippen LogP contribution in [-0.4, -0.2) is 26.0 Å². The van der Waals surface area contributed by atoms with Crippen LogP contribution in [-0.2, 0) is 0 Å².